The Bertz CT molecular complexity index is 1090. The summed E-state index contributed by atoms with van der Waals surface area (Å²) in [5, 5.41) is 1.23. The first-order valence-corrected chi connectivity index (χ1v) is 10.8. The van der Waals surface area contributed by atoms with Crippen LogP contribution < -0.4 is 0 Å². The number of rotatable bonds is 3. The molecule has 2 unspecified atom stereocenters. The first-order chi connectivity index (χ1) is 14.2. The van der Waals surface area contributed by atoms with E-state index in [4.69, 9.17) is 9.73 Å². The smallest absolute Gasteiger partial charge is 0.219 e. The van der Waals surface area contributed by atoms with Crippen LogP contribution in [0.1, 0.15) is 36.8 Å². The SMILES string of the molecule is Cl.Cl.Cn1cc(C2=NCC3(CC4CCC(C3)N4Cc3ccccc3)O2)c2ccccc21.O.O. The summed E-state index contributed by atoms with van der Waals surface area (Å²) in [6, 6.07) is 20.6. The minimum Gasteiger partial charge on any atom is -0.469 e. The lowest BCUT2D eigenvalue weighted by Gasteiger charge is -2.43. The van der Waals surface area contributed by atoms with E-state index in [0.29, 0.717) is 12.1 Å². The van der Waals surface area contributed by atoms with Gasteiger partial charge in [0.15, 0.2) is 0 Å². The maximum Gasteiger partial charge on any atom is 0.219 e. The van der Waals surface area contributed by atoms with Crippen molar-refractivity contribution >= 4 is 41.6 Å². The number of hydrogen-bond donors (Lipinski definition) is 0. The second-order valence-electron chi connectivity index (χ2n) is 9.03. The molecule has 6 rings (SSSR count). The van der Waals surface area contributed by atoms with Crippen LogP contribution in [0, 0.1) is 0 Å². The Morgan fingerprint density at radius 2 is 1.58 bits per heavy atom. The largest absolute Gasteiger partial charge is 0.469 e. The van der Waals surface area contributed by atoms with Gasteiger partial charge in [-0.2, -0.15) is 0 Å². The lowest BCUT2D eigenvalue weighted by molar-refractivity contribution is -0.0245. The molecule has 2 fully saturated rings. The molecule has 0 amide bonds. The average molecular weight is 494 g/mol. The number of ether oxygens (including phenoxy) is 1. The third-order valence-corrected chi connectivity index (χ3v) is 7.15. The van der Waals surface area contributed by atoms with Gasteiger partial charge in [-0.1, -0.05) is 48.5 Å². The number of hydrogen-bond acceptors (Lipinski definition) is 3. The van der Waals surface area contributed by atoms with Gasteiger partial charge in [0.2, 0.25) is 5.90 Å². The van der Waals surface area contributed by atoms with Crippen LogP contribution in [0.2, 0.25) is 0 Å². The van der Waals surface area contributed by atoms with Gasteiger partial charge in [0.05, 0.1) is 12.1 Å². The monoisotopic (exact) mass is 493 g/mol. The molecule has 2 bridgehead atoms. The van der Waals surface area contributed by atoms with Gasteiger partial charge in [-0.25, -0.2) is 4.99 Å². The number of fused-ring (bicyclic) bond motifs is 3. The van der Waals surface area contributed by atoms with E-state index in [-0.39, 0.29) is 41.4 Å². The molecule has 2 saturated heterocycles. The van der Waals surface area contributed by atoms with E-state index >= 15 is 0 Å². The Morgan fingerprint density at radius 1 is 0.939 bits per heavy atom. The number of benzene rings is 2. The zero-order valence-corrected chi connectivity index (χ0v) is 20.4. The van der Waals surface area contributed by atoms with Crippen LogP contribution >= 0.6 is 24.8 Å². The lowest BCUT2D eigenvalue weighted by Crippen LogP contribution is -2.52. The van der Waals surface area contributed by atoms with E-state index in [1.807, 2.05) is 0 Å². The van der Waals surface area contributed by atoms with Crippen LogP contribution in [0.25, 0.3) is 10.9 Å². The second-order valence-corrected chi connectivity index (χ2v) is 9.03. The third kappa shape index (κ3) is 4.63. The fourth-order valence-electron chi connectivity index (χ4n) is 5.80. The predicted molar refractivity (Wildman–Crippen MR) is 138 cm³/mol. The molecule has 8 heteroatoms. The molecular formula is C25H33Cl2N3O3. The molecule has 3 aliphatic heterocycles. The summed E-state index contributed by atoms with van der Waals surface area (Å²) in [6.07, 6.45) is 6.92. The molecule has 1 spiro atoms. The van der Waals surface area contributed by atoms with E-state index in [1.165, 1.54) is 29.3 Å². The Balaban J connectivity index is 0.000000963. The minimum absolute atomic E-state index is 0. The number of aryl methyl sites for hydroxylation is 1. The molecule has 4 heterocycles. The molecule has 33 heavy (non-hydrogen) atoms. The van der Waals surface area contributed by atoms with E-state index in [9.17, 15) is 0 Å². The molecule has 6 nitrogen and oxygen atoms in total. The van der Waals surface area contributed by atoms with E-state index in [2.05, 4.69) is 77.3 Å². The highest BCUT2D eigenvalue weighted by Gasteiger charge is 2.52. The number of halogens is 2. The Hall–Kier alpha value is -2.09. The fourth-order valence-corrected chi connectivity index (χ4v) is 5.80. The maximum atomic E-state index is 6.69. The average Bonchev–Trinajstić information content (AvgIpc) is 3.37. The molecule has 2 aromatic carbocycles. The van der Waals surface area contributed by atoms with Gasteiger partial charge in [0.25, 0.3) is 0 Å². The molecule has 3 aliphatic rings. The summed E-state index contributed by atoms with van der Waals surface area (Å²) < 4.78 is 8.86. The molecular weight excluding hydrogens is 461 g/mol. The zero-order valence-electron chi connectivity index (χ0n) is 18.7. The standard InChI is InChI=1S/C25H27N3O.2ClH.2H2O/c1-27-16-22(21-9-5-6-10-23(21)27)24-26-17-25(29-24)13-19-11-12-20(14-25)28(19)15-18-7-3-2-4-8-18;;;;/h2-10,16,19-20H,11-15,17H2,1H3;2*1H;2*1H2. The molecule has 1 aromatic heterocycles. The van der Waals surface area contributed by atoms with Gasteiger partial charge in [0.1, 0.15) is 5.60 Å². The summed E-state index contributed by atoms with van der Waals surface area (Å²) in [5.74, 6) is 0.845. The van der Waals surface area contributed by atoms with Crippen molar-refractivity contribution in [3.63, 3.8) is 0 Å². The van der Waals surface area contributed by atoms with Crippen LogP contribution in [0.15, 0.2) is 65.8 Å². The van der Waals surface area contributed by atoms with Crippen molar-refractivity contribution in [1.82, 2.24) is 9.47 Å². The molecule has 0 radical (unpaired) electrons. The van der Waals surface area contributed by atoms with Crippen molar-refractivity contribution in [3.8, 4) is 0 Å². The highest BCUT2D eigenvalue weighted by molar-refractivity contribution is 6.07. The van der Waals surface area contributed by atoms with Gasteiger partial charge < -0.3 is 20.3 Å². The number of piperidine rings is 1. The normalized spacial score (nSPS) is 25.3. The van der Waals surface area contributed by atoms with Crippen molar-refractivity contribution in [2.24, 2.45) is 12.0 Å². The van der Waals surface area contributed by atoms with Gasteiger partial charge in [0, 0.05) is 55.6 Å². The summed E-state index contributed by atoms with van der Waals surface area (Å²) in [4.78, 5) is 7.64. The minimum atomic E-state index is -0.106. The van der Waals surface area contributed by atoms with Crippen molar-refractivity contribution in [2.45, 2.75) is 49.9 Å². The van der Waals surface area contributed by atoms with Crippen molar-refractivity contribution in [2.75, 3.05) is 6.54 Å². The number of aromatic nitrogens is 1. The van der Waals surface area contributed by atoms with Gasteiger partial charge in [-0.3, -0.25) is 4.90 Å². The van der Waals surface area contributed by atoms with E-state index < -0.39 is 0 Å². The predicted octanol–water partition coefficient (Wildman–Crippen LogP) is 3.72. The number of aliphatic imine (C=N–C) groups is 1. The first kappa shape index (κ1) is 27.2. The molecule has 180 valence electrons. The van der Waals surface area contributed by atoms with Gasteiger partial charge >= 0.3 is 0 Å². The van der Waals surface area contributed by atoms with Gasteiger partial charge in [-0.05, 0) is 24.5 Å². The van der Waals surface area contributed by atoms with Crippen molar-refractivity contribution in [1.29, 1.82) is 0 Å². The van der Waals surface area contributed by atoms with Crippen LogP contribution in [0.4, 0.5) is 0 Å². The lowest BCUT2D eigenvalue weighted by atomic mass is 9.86. The topological polar surface area (TPSA) is 92.8 Å². The maximum absolute atomic E-state index is 6.69. The molecule has 2 atom stereocenters. The van der Waals surface area contributed by atoms with Crippen LogP contribution in [-0.4, -0.2) is 50.5 Å². The molecule has 3 aromatic rings. The van der Waals surface area contributed by atoms with E-state index in [1.54, 1.807) is 0 Å². The van der Waals surface area contributed by atoms with Crippen molar-refractivity contribution < 1.29 is 15.7 Å². The number of para-hydroxylation sites is 1. The highest BCUT2D eigenvalue weighted by Crippen LogP contribution is 2.45. The van der Waals surface area contributed by atoms with Crippen LogP contribution in [-0.2, 0) is 18.3 Å². The summed E-state index contributed by atoms with van der Waals surface area (Å²) >= 11 is 0. The second kappa shape index (κ2) is 10.5. The molecule has 0 saturated carbocycles. The van der Waals surface area contributed by atoms with Crippen LogP contribution in [0.3, 0.4) is 0 Å². The molecule has 0 aliphatic carbocycles. The third-order valence-electron chi connectivity index (χ3n) is 7.15. The summed E-state index contributed by atoms with van der Waals surface area (Å²) in [6.45, 7) is 1.86. The Labute approximate surface area is 207 Å². The van der Waals surface area contributed by atoms with Crippen LogP contribution in [0.5, 0.6) is 0 Å². The number of nitrogens with zero attached hydrogens (tertiary/aromatic N) is 3. The van der Waals surface area contributed by atoms with Crippen molar-refractivity contribution in [3.05, 3.63) is 71.9 Å². The van der Waals surface area contributed by atoms with E-state index in [0.717, 1.165) is 37.4 Å². The zero-order chi connectivity index (χ0) is 19.4. The highest BCUT2D eigenvalue weighted by atomic mass is 35.5. The summed E-state index contributed by atoms with van der Waals surface area (Å²) in [5.41, 5.74) is 3.68. The Kier molecular flexibility index (Phi) is 8.60. The quantitative estimate of drug-likeness (QED) is 0.555. The van der Waals surface area contributed by atoms with Gasteiger partial charge in [-0.15, -0.1) is 24.8 Å². The summed E-state index contributed by atoms with van der Waals surface area (Å²) in [7, 11) is 2.10. The first-order valence-electron chi connectivity index (χ1n) is 10.8. The molecule has 4 N–H and O–H groups in total. The Morgan fingerprint density at radius 3 is 2.27 bits per heavy atom. The fraction of sp³-hybridized carbons (Fsp3) is 0.400.